The van der Waals surface area contributed by atoms with Crippen molar-refractivity contribution in [2.45, 2.75) is 33.4 Å². The van der Waals surface area contributed by atoms with Crippen molar-refractivity contribution in [3.05, 3.63) is 46.9 Å². The summed E-state index contributed by atoms with van der Waals surface area (Å²) in [5, 5.41) is 11.1. The second kappa shape index (κ2) is 9.49. The Labute approximate surface area is 190 Å². The molecule has 3 aromatic rings. The molecule has 11 nitrogen and oxygen atoms in total. The van der Waals surface area contributed by atoms with E-state index in [2.05, 4.69) is 30.3 Å². The third-order valence-electron chi connectivity index (χ3n) is 4.39. The topological polar surface area (TPSA) is 141 Å². The van der Waals surface area contributed by atoms with Crippen LogP contribution >= 0.6 is 11.6 Å². The second-order valence-electron chi connectivity index (χ2n) is 6.86. The van der Waals surface area contributed by atoms with Crippen molar-refractivity contribution >= 4 is 39.2 Å². The Morgan fingerprint density at radius 2 is 2.06 bits per heavy atom. The van der Waals surface area contributed by atoms with Crippen LogP contribution in [0.25, 0.3) is 11.4 Å². The quantitative estimate of drug-likeness (QED) is 0.491. The van der Waals surface area contributed by atoms with Gasteiger partial charge in [0, 0.05) is 18.3 Å². The minimum absolute atomic E-state index is 0.247. The fourth-order valence-electron chi connectivity index (χ4n) is 2.88. The predicted molar refractivity (Wildman–Crippen MR) is 120 cm³/mol. The van der Waals surface area contributed by atoms with Crippen LogP contribution in [0.4, 0.5) is 16.3 Å². The maximum Gasteiger partial charge on any atom is 0.413 e. The van der Waals surface area contributed by atoms with E-state index in [1.54, 1.807) is 44.3 Å². The molecule has 0 saturated carbocycles. The Morgan fingerprint density at radius 3 is 2.69 bits per heavy atom. The molecule has 170 valence electrons. The molecular formula is C19H22ClN7O4S. The van der Waals surface area contributed by atoms with Crippen LogP contribution in [0.2, 0.25) is 5.15 Å². The van der Waals surface area contributed by atoms with Gasteiger partial charge in [-0.2, -0.15) is 0 Å². The van der Waals surface area contributed by atoms with Crippen LogP contribution in [0.5, 0.6) is 0 Å². The van der Waals surface area contributed by atoms with Crippen LogP contribution in [0.3, 0.4) is 0 Å². The lowest BCUT2D eigenvalue weighted by Gasteiger charge is -2.15. The van der Waals surface area contributed by atoms with Crippen LogP contribution in [-0.2, 0) is 21.3 Å². The summed E-state index contributed by atoms with van der Waals surface area (Å²) >= 11 is 6.07. The fourth-order valence-corrected chi connectivity index (χ4v) is 3.77. The van der Waals surface area contributed by atoms with Gasteiger partial charge in [0.05, 0.1) is 23.3 Å². The summed E-state index contributed by atoms with van der Waals surface area (Å²) in [7, 11) is -3.45. The van der Waals surface area contributed by atoms with Crippen LogP contribution in [0.1, 0.15) is 31.2 Å². The van der Waals surface area contributed by atoms with E-state index in [1.165, 1.54) is 4.68 Å². The number of ether oxygens (including phenoxy) is 1. The zero-order chi connectivity index (χ0) is 23.5. The molecule has 0 fully saturated rings. The van der Waals surface area contributed by atoms with Gasteiger partial charge in [-0.3, -0.25) is 10.0 Å². The van der Waals surface area contributed by atoms with Crippen molar-refractivity contribution in [2.24, 2.45) is 0 Å². The molecular weight excluding hydrogens is 458 g/mol. The standard InChI is InChI=1S/C19H22ClN7O4S/c1-5-27-18(23-19(28)31-12(3)13-7-6-10-21-17(13)20)16(24-26-27)15-9-8-14(11(2)22-15)25-32(4,29)30/h6-10,12,25H,5H2,1-4H3,(H,23,28)/t12-/m1/s1. The van der Waals surface area contributed by atoms with E-state index in [1.807, 2.05) is 6.92 Å². The summed E-state index contributed by atoms with van der Waals surface area (Å²) in [6.07, 6.45) is 1.22. The molecule has 0 aliphatic rings. The molecule has 2 N–H and O–H groups in total. The summed E-state index contributed by atoms with van der Waals surface area (Å²) in [5.41, 5.74) is 2.06. The number of carbonyl (C=O) groups excluding carboxylic acids is 1. The maximum atomic E-state index is 12.6. The fraction of sp³-hybridized carbons (Fsp3) is 0.316. The lowest BCUT2D eigenvalue weighted by atomic mass is 10.2. The molecule has 0 aromatic carbocycles. The smallest absolute Gasteiger partial charge is 0.413 e. The Hall–Kier alpha value is -3.25. The minimum Gasteiger partial charge on any atom is -0.441 e. The van der Waals surface area contributed by atoms with E-state index in [4.69, 9.17) is 16.3 Å². The van der Waals surface area contributed by atoms with Gasteiger partial charge in [-0.25, -0.2) is 27.9 Å². The predicted octanol–water partition coefficient (Wildman–Crippen LogP) is 3.40. The highest BCUT2D eigenvalue weighted by molar-refractivity contribution is 7.92. The van der Waals surface area contributed by atoms with Crippen LogP contribution in [-0.4, -0.2) is 45.7 Å². The van der Waals surface area contributed by atoms with E-state index >= 15 is 0 Å². The van der Waals surface area contributed by atoms with Crippen molar-refractivity contribution in [1.82, 2.24) is 25.0 Å². The first-order valence-electron chi connectivity index (χ1n) is 9.56. The first-order chi connectivity index (χ1) is 15.1. The monoisotopic (exact) mass is 479 g/mol. The number of pyridine rings is 2. The Bertz CT molecular complexity index is 1250. The number of hydrogen-bond donors (Lipinski definition) is 2. The molecule has 1 atom stereocenters. The number of anilines is 2. The molecule has 3 aromatic heterocycles. The van der Waals surface area contributed by atoms with E-state index in [9.17, 15) is 13.2 Å². The molecule has 3 heterocycles. The molecule has 0 aliphatic carbocycles. The van der Waals surface area contributed by atoms with Crippen molar-refractivity contribution in [3.8, 4) is 11.4 Å². The number of carbonyl (C=O) groups is 1. The van der Waals surface area contributed by atoms with Gasteiger partial charge in [0.15, 0.2) is 11.5 Å². The molecule has 0 unspecified atom stereocenters. The molecule has 0 spiro atoms. The van der Waals surface area contributed by atoms with Crippen molar-refractivity contribution in [3.63, 3.8) is 0 Å². The van der Waals surface area contributed by atoms with E-state index < -0.39 is 22.2 Å². The zero-order valence-corrected chi connectivity index (χ0v) is 19.4. The minimum atomic E-state index is -3.45. The van der Waals surface area contributed by atoms with E-state index in [0.717, 1.165) is 6.26 Å². The first-order valence-corrected chi connectivity index (χ1v) is 11.8. The third-order valence-corrected chi connectivity index (χ3v) is 5.30. The summed E-state index contributed by atoms with van der Waals surface area (Å²) in [4.78, 5) is 21.0. The number of nitrogens with zero attached hydrogens (tertiary/aromatic N) is 5. The van der Waals surface area contributed by atoms with Gasteiger partial charge in [0.2, 0.25) is 10.0 Å². The van der Waals surface area contributed by atoms with Gasteiger partial charge >= 0.3 is 6.09 Å². The number of nitrogens with one attached hydrogen (secondary N) is 2. The molecule has 0 radical (unpaired) electrons. The SMILES string of the molecule is CCn1nnc(-c2ccc(NS(C)(=O)=O)c(C)n2)c1NC(=O)O[C@H](C)c1cccnc1Cl. The van der Waals surface area contributed by atoms with Gasteiger partial charge in [0.1, 0.15) is 11.3 Å². The van der Waals surface area contributed by atoms with Gasteiger partial charge in [-0.1, -0.05) is 22.9 Å². The van der Waals surface area contributed by atoms with Gasteiger partial charge in [-0.15, -0.1) is 5.10 Å². The van der Waals surface area contributed by atoms with E-state index in [-0.39, 0.29) is 11.0 Å². The summed E-state index contributed by atoms with van der Waals surface area (Å²) in [6.45, 7) is 5.60. The van der Waals surface area contributed by atoms with E-state index in [0.29, 0.717) is 34.9 Å². The van der Waals surface area contributed by atoms with Gasteiger partial charge in [-0.05, 0) is 39.0 Å². The number of aryl methyl sites for hydroxylation is 2. The molecule has 0 saturated heterocycles. The summed E-state index contributed by atoms with van der Waals surface area (Å²) in [5.74, 6) is 0.290. The Balaban J connectivity index is 1.84. The summed E-state index contributed by atoms with van der Waals surface area (Å²) in [6, 6.07) is 6.57. The molecule has 3 rings (SSSR count). The van der Waals surface area contributed by atoms with Crippen molar-refractivity contribution in [1.29, 1.82) is 0 Å². The average molecular weight is 480 g/mol. The zero-order valence-electron chi connectivity index (χ0n) is 17.8. The number of hydrogen-bond acceptors (Lipinski definition) is 8. The van der Waals surface area contributed by atoms with Crippen molar-refractivity contribution < 1.29 is 17.9 Å². The van der Waals surface area contributed by atoms with Gasteiger partial charge in [0.25, 0.3) is 0 Å². The van der Waals surface area contributed by atoms with Crippen LogP contribution in [0.15, 0.2) is 30.5 Å². The lowest BCUT2D eigenvalue weighted by molar-refractivity contribution is 0.121. The molecule has 0 bridgehead atoms. The molecule has 13 heteroatoms. The largest absolute Gasteiger partial charge is 0.441 e. The number of halogens is 1. The summed E-state index contributed by atoms with van der Waals surface area (Å²) < 4.78 is 32.3. The number of sulfonamides is 1. The second-order valence-corrected chi connectivity index (χ2v) is 8.97. The third kappa shape index (κ3) is 5.51. The first kappa shape index (κ1) is 23.4. The maximum absolute atomic E-state index is 12.6. The van der Waals surface area contributed by atoms with Gasteiger partial charge < -0.3 is 4.74 Å². The number of amides is 1. The Morgan fingerprint density at radius 1 is 1.31 bits per heavy atom. The molecule has 32 heavy (non-hydrogen) atoms. The number of rotatable bonds is 7. The van der Waals surface area contributed by atoms with Crippen LogP contribution < -0.4 is 10.0 Å². The van der Waals surface area contributed by atoms with Crippen LogP contribution in [0, 0.1) is 6.92 Å². The normalized spacial score (nSPS) is 12.3. The lowest BCUT2D eigenvalue weighted by Crippen LogP contribution is -2.19. The highest BCUT2D eigenvalue weighted by Gasteiger charge is 2.21. The molecule has 0 aliphatic heterocycles. The average Bonchev–Trinajstić information content (AvgIpc) is 3.11. The molecule has 1 amide bonds. The Kier molecular flexibility index (Phi) is 6.94. The highest BCUT2D eigenvalue weighted by atomic mass is 35.5. The van der Waals surface area contributed by atoms with Crippen molar-refractivity contribution in [2.75, 3.05) is 16.3 Å². The number of aromatic nitrogens is 5. The highest BCUT2D eigenvalue weighted by Crippen LogP contribution is 2.28.